The number of aromatic amines is 1. The Morgan fingerprint density at radius 2 is 1.85 bits per heavy atom. The summed E-state index contributed by atoms with van der Waals surface area (Å²) >= 11 is 6.93. The van der Waals surface area contributed by atoms with Crippen LogP contribution in [0.15, 0.2) is 65.8 Å². The first-order valence-electron chi connectivity index (χ1n) is 8.95. The molecule has 34 heavy (non-hydrogen) atoms. The topological polar surface area (TPSA) is 130 Å². The Kier molecular flexibility index (Phi) is 8.51. The summed E-state index contributed by atoms with van der Waals surface area (Å²) in [7, 11) is 0. The number of hydrogen-bond acceptors (Lipinski definition) is 5. The number of nitrogens with zero attached hydrogens (tertiary/aromatic N) is 1. The number of H-pyrrole nitrogens is 1. The van der Waals surface area contributed by atoms with Crippen LogP contribution >= 0.6 is 23.5 Å². The smallest absolute Gasteiger partial charge is 0.412 e. The lowest BCUT2D eigenvalue weighted by Gasteiger charge is -2.11. The molecule has 0 aliphatic carbocycles. The van der Waals surface area contributed by atoms with Crippen molar-refractivity contribution >= 4 is 46.1 Å². The van der Waals surface area contributed by atoms with Gasteiger partial charge in [0.25, 0.3) is 0 Å². The van der Waals surface area contributed by atoms with Crippen LogP contribution in [-0.2, 0) is 0 Å². The first kappa shape index (κ1) is 26.9. The van der Waals surface area contributed by atoms with Gasteiger partial charge in [-0.15, -0.1) is 13.2 Å². The van der Waals surface area contributed by atoms with E-state index >= 15 is 0 Å². The third-order valence-electron chi connectivity index (χ3n) is 4.28. The molecule has 0 saturated carbocycles. The van der Waals surface area contributed by atoms with Crippen LogP contribution in [0.5, 0.6) is 5.75 Å². The first-order valence-corrected chi connectivity index (χ1v) is 10.1. The molecular formula is C21H16ClF4N3O4S. The lowest BCUT2D eigenvalue weighted by molar-refractivity contribution is -0.274. The molecule has 2 aromatic heterocycles. The van der Waals surface area contributed by atoms with E-state index in [9.17, 15) is 22.4 Å². The Bertz CT molecular complexity index is 1320. The van der Waals surface area contributed by atoms with Crippen molar-refractivity contribution in [1.82, 2.24) is 9.97 Å². The number of carbonyl (C=O) groups is 1. The number of aromatic nitrogens is 2. The zero-order chi connectivity index (χ0) is 22.9. The summed E-state index contributed by atoms with van der Waals surface area (Å²) in [5.41, 5.74) is 0.822. The van der Waals surface area contributed by atoms with Crippen LogP contribution in [0.4, 0.5) is 23.2 Å². The van der Waals surface area contributed by atoms with E-state index < -0.39 is 18.0 Å². The van der Waals surface area contributed by atoms with Crippen molar-refractivity contribution in [2.75, 3.05) is 4.72 Å². The lowest BCUT2D eigenvalue weighted by Crippen LogP contribution is -2.17. The molecule has 2 aromatic carbocycles. The number of ketones is 1. The van der Waals surface area contributed by atoms with E-state index in [1.807, 2.05) is 0 Å². The molecule has 180 valence electrons. The predicted octanol–water partition coefficient (Wildman–Crippen LogP) is 4.95. The number of anilines is 1. The zero-order valence-corrected chi connectivity index (χ0v) is 18.4. The van der Waals surface area contributed by atoms with Crippen molar-refractivity contribution in [3.8, 4) is 5.75 Å². The highest BCUT2D eigenvalue weighted by atomic mass is 35.5. The number of hydrogen-bond donors (Lipinski definition) is 2. The van der Waals surface area contributed by atoms with Crippen molar-refractivity contribution in [3.63, 3.8) is 0 Å². The Morgan fingerprint density at radius 1 is 1.09 bits per heavy atom. The van der Waals surface area contributed by atoms with Gasteiger partial charge in [-0.25, -0.2) is 9.37 Å². The molecule has 0 saturated heterocycles. The summed E-state index contributed by atoms with van der Waals surface area (Å²) in [6.45, 7) is 0. The molecule has 7 nitrogen and oxygen atoms in total. The number of alkyl halides is 3. The molecule has 0 amide bonds. The van der Waals surface area contributed by atoms with Crippen LogP contribution in [0, 0.1) is 5.82 Å². The van der Waals surface area contributed by atoms with E-state index in [2.05, 4.69) is 19.4 Å². The molecule has 0 bridgehead atoms. The number of carbonyl (C=O) groups excluding carboxylic acids is 1. The zero-order valence-electron chi connectivity index (χ0n) is 16.8. The second-order valence-electron chi connectivity index (χ2n) is 6.50. The van der Waals surface area contributed by atoms with Crippen LogP contribution in [0.25, 0.3) is 11.0 Å². The molecule has 0 aliphatic heterocycles. The van der Waals surface area contributed by atoms with Crippen molar-refractivity contribution in [1.29, 1.82) is 0 Å². The van der Waals surface area contributed by atoms with Gasteiger partial charge in [0.2, 0.25) is 0 Å². The van der Waals surface area contributed by atoms with Crippen LogP contribution in [-0.4, -0.2) is 33.1 Å². The lowest BCUT2D eigenvalue weighted by atomic mass is 10.0. The summed E-state index contributed by atoms with van der Waals surface area (Å²) in [5, 5.41) is 0.784. The molecule has 4 rings (SSSR count). The maximum atomic E-state index is 14.4. The number of halogens is 5. The second-order valence-corrected chi connectivity index (χ2v) is 7.82. The van der Waals surface area contributed by atoms with Gasteiger partial charge in [0, 0.05) is 33.9 Å². The van der Waals surface area contributed by atoms with Gasteiger partial charge in [-0.05, 0) is 54.4 Å². The van der Waals surface area contributed by atoms with E-state index in [1.165, 1.54) is 42.7 Å². The minimum Gasteiger partial charge on any atom is -0.412 e. The molecule has 13 heteroatoms. The van der Waals surface area contributed by atoms with Gasteiger partial charge in [0.15, 0.2) is 5.78 Å². The van der Waals surface area contributed by atoms with Gasteiger partial charge >= 0.3 is 6.36 Å². The molecule has 0 fully saturated rings. The molecule has 6 N–H and O–H groups in total. The fourth-order valence-corrected chi connectivity index (χ4v) is 3.77. The summed E-state index contributed by atoms with van der Waals surface area (Å²) in [6.07, 6.45) is -1.95. The van der Waals surface area contributed by atoms with Gasteiger partial charge in [0.05, 0.1) is 10.6 Å². The molecule has 0 unspecified atom stereocenters. The number of pyridine rings is 1. The minimum atomic E-state index is -4.80. The predicted molar refractivity (Wildman–Crippen MR) is 121 cm³/mol. The Balaban J connectivity index is 0.00000204. The summed E-state index contributed by atoms with van der Waals surface area (Å²) in [4.78, 5) is 20.3. The van der Waals surface area contributed by atoms with Gasteiger partial charge in [-0.1, -0.05) is 17.7 Å². The Morgan fingerprint density at radius 3 is 2.59 bits per heavy atom. The van der Waals surface area contributed by atoms with Crippen molar-refractivity contribution < 1.29 is 38.0 Å². The Hall–Kier alpha value is -3.32. The van der Waals surface area contributed by atoms with E-state index in [1.54, 1.807) is 12.1 Å². The fraction of sp³-hybridized carbons (Fsp3) is 0.0476. The molecular weight excluding hydrogens is 502 g/mol. The number of benzene rings is 2. The maximum absolute atomic E-state index is 14.4. The molecule has 2 heterocycles. The average Bonchev–Trinajstić information content (AvgIpc) is 3.14. The highest BCUT2D eigenvalue weighted by Gasteiger charge is 2.31. The van der Waals surface area contributed by atoms with E-state index in [0.29, 0.717) is 26.6 Å². The maximum Gasteiger partial charge on any atom is 0.573 e. The second kappa shape index (κ2) is 10.7. The van der Waals surface area contributed by atoms with Crippen LogP contribution in [0.1, 0.15) is 15.9 Å². The Labute approximate surface area is 198 Å². The van der Waals surface area contributed by atoms with Crippen LogP contribution in [0.3, 0.4) is 0 Å². The standard InChI is InChI=1S/C21H12ClF4N3O2S.2H2O/c22-11-6-15-17(10-28-20(15)27-9-11)19(30)16-7-12(4-5-18(16)23)29-32-14-3-1-2-13(8-14)31-21(24,25)26;;/h1-10,29H,(H,27,28);2*1H2. The normalized spacial score (nSPS) is 10.9. The molecule has 4 aromatic rings. The van der Waals surface area contributed by atoms with Crippen molar-refractivity contribution in [2.45, 2.75) is 11.3 Å². The third kappa shape index (κ3) is 6.17. The van der Waals surface area contributed by atoms with E-state index in [4.69, 9.17) is 11.6 Å². The number of nitrogens with one attached hydrogen (secondary N) is 2. The van der Waals surface area contributed by atoms with Crippen LogP contribution in [0.2, 0.25) is 5.02 Å². The van der Waals surface area contributed by atoms with Gasteiger partial charge < -0.3 is 25.4 Å². The highest BCUT2D eigenvalue weighted by molar-refractivity contribution is 8.00. The summed E-state index contributed by atoms with van der Waals surface area (Å²) < 4.78 is 58.4. The molecule has 0 aliphatic rings. The molecule has 0 spiro atoms. The summed E-state index contributed by atoms with van der Waals surface area (Å²) in [5.74, 6) is -1.67. The average molecular weight is 518 g/mol. The summed E-state index contributed by atoms with van der Waals surface area (Å²) in [6, 6.07) is 10.7. The van der Waals surface area contributed by atoms with E-state index in [-0.39, 0.29) is 27.8 Å². The van der Waals surface area contributed by atoms with Gasteiger partial charge in [-0.3, -0.25) is 4.79 Å². The van der Waals surface area contributed by atoms with Crippen LogP contribution < -0.4 is 9.46 Å². The third-order valence-corrected chi connectivity index (χ3v) is 5.31. The molecule has 0 atom stereocenters. The largest absolute Gasteiger partial charge is 0.573 e. The number of rotatable bonds is 6. The number of fused-ring (bicyclic) bond motifs is 1. The number of ether oxygens (including phenoxy) is 1. The molecule has 0 radical (unpaired) electrons. The van der Waals surface area contributed by atoms with E-state index in [0.717, 1.165) is 18.0 Å². The monoisotopic (exact) mass is 517 g/mol. The highest BCUT2D eigenvalue weighted by Crippen LogP contribution is 2.30. The fourth-order valence-electron chi connectivity index (χ4n) is 2.93. The van der Waals surface area contributed by atoms with Gasteiger partial charge in [-0.2, -0.15) is 0 Å². The van der Waals surface area contributed by atoms with Crippen molar-refractivity contribution in [2.24, 2.45) is 0 Å². The quantitative estimate of drug-likeness (QED) is 0.212. The SMILES string of the molecule is O.O.O=C(c1cc(NSc2cccc(OC(F)(F)F)c2)ccc1F)c1c[nH]c2ncc(Cl)cc12. The van der Waals surface area contributed by atoms with Gasteiger partial charge in [0.1, 0.15) is 17.2 Å². The first-order chi connectivity index (χ1) is 15.2. The minimum absolute atomic E-state index is 0. The van der Waals surface area contributed by atoms with Crippen molar-refractivity contribution in [3.05, 3.63) is 82.9 Å².